The van der Waals surface area contributed by atoms with Crippen LogP contribution in [0, 0.1) is 5.82 Å². The van der Waals surface area contributed by atoms with Gasteiger partial charge in [-0.15, -0.1) is 0 Å². The van der Waals surface area contributed by atoms with Crippen molar-refractivity contribution in [1.29, 1.82) is 0 Å². The van der Waals surface area contributed by atoms with Gasteiger partial charge in [-0.1, -0.05) is 11.6 Å². The lowest BCUT2D eigenvalue weighted by molar-refractivity contribution is -0.149. The molecule has 0 aliphatic carbocycles. The fourth-order valence-electron chi connectivity index (χ4n) is 3.78. The van der Waals surface area contributed by atoms with Crippen LogP contribution >= 0.6 is 11.6 Å². The zero-order valence-corrected chi connectivity index (χ0v) is 17.3. The number of rotatable bonds is 4. The van der Waals surface area contributed by atoms with Gasteiger partial charge in [-0.05, 0) is 48.0 Å². The number of nitrogens with one attached hydrogen (secondary N) is 1. The van der Waals surface area contributed by atoms with Crippen LogP contribution in [0.25, 0.3) is 10.9 Å². The minimum atomic E-state index is -2.22. The van der Waals surface area contributed by atoms with Gasteiger partial charge in [0, 0.05) is 48.7 Å². The van der Waals surface area contributed by atoms with E-state index in [0.29, 0.717) is 16.8 Å². The number of carbonyl (C=O) groups is 3. The Bertz CT molecular complexity index is 1200. The van der Waals surface area contributed by atoms with Crippen molar-refractivity contribution >= 4 is 45.9 Å². The summed E-state index contributed by atoms with van der Waals surface area (Å²) in [7, 11) is 0. The molecule has 1 fully saturated rings. The molecule has 1 saturated heterocycles. The fraction of sp³-hybridized carbons (Fsp3) is 0.227. The lowest BCUT2D eigenvalue weighted by Crippen LogP contribution is -2.52. The normalized spacial score (nSPS) is 18.6. The van der Waals surface area contributed by atoms with E-state index in [-0.39, 0.29) is 30.4 Å². The van der Waals surface area contributed by atoms with Gasteiger partial charge in [-0.2, -0.15) is 0 Å². The van der Waals surface area contributed by atoms with Crippen LogP contribution < -0.4 is 10.2 Å². The van der Waals surface area contributed by atoms with Crippen molar-refractivity contribution in [2.24, 2.45) is 0 Å². The Morgan fingerprint density at radius 2 is 2.00 bits per heavy atom. The summed E-state index contributed by atoms with van der Waals surface area (Å²) in [5.41, 5.74) is -0.606. The maximum Gasteiger partial charge on any atom is 0.268 e. The van der Waals surface area contributed by atoms with Gasteiger partial charge in [0.2, 0.25) is 11.5 Å². The average Bonchev–Trinajstić information content (AvgIpc) is 3.27. The molecule has 0 unspecified atom stereocenters. The second kappa shape index (κ2) is 7.79. The highest BCUT2D eigenvalue weighted by atomic mass is 35.5. The van der Waals surface area contributed by atoms with Crippen LogP contribution in [-0.4, -0.2) is 39.5 Å². The van der Waals surface area contributed by atoms with Crippen molar-refractivity contribution in [2.75, 3.05) is 11.4 Å². The van der Waals surface area contributed by atoms with E-state index >= 15 is 0 Å². The highest BCUT2D eigenvalue weighted by Gasteiger charge is 2.51. The molecule has 2 heterocycles. The quantitative estimate of drug-likeness (QED) is 0.606. The summed E-state index contributed by atoms with van der Waals surface area (Å²) in [5, 5.41) is 14.2. The number of hydrogen-bond donors (Lipinski definition) is 2. The third-order valence-corrected chi connectivity index (χ3v) is 5.59. The number of benzene rings is 2. The highest BCUT2D eigenvalue weighted by Crippen LogP contribution is 2.31. The van der Waals surface area contributed by atoms with E-state index in [9.17, 15) is 23.9 Å². The largest absolute Gasteiger partial charge is 0.372 e. The molecule has 0 radical (unpaired) electrons. The van der Waals surface area contributed by atoms with Crippen LogP contribution in [0.2, 0.25) is 5.02 Å². The average molecular weight is 444 g/mol. The summed E-state index contributed by atoms with van der Waals surface area (Å²) in [6.07, 6.45) is 1.55. The zero-order valence-electron chi connectivity index (χ0n) is 16.6. The number of fused-ring (bicyclic) bond motifs is 1. The molecule has 31 heavy (non-hydrogen) atoms. The van der Waals surface area contributed by atoms with Crippen LogP contribution in [0.3, 0.4) is 0 Å². The Kier molecular flexibility index (Phi) is 5.28. The van der Waals surface area contributed by atoms with Gasteiger partial charge in [0.05, 0.1) is 5.52 Å². The second-order valence-corrected chi connectivity index (χ2v) is 7.91. The number of aromatic nitrogens is 1. The van der Waals surface area contributed by atoms with E-state index < -0.39 is 23.2 Å². The topological polar surface area (TPSA) is 91.6 Å². The van der Waals surface area contributed by atoms with Gasteiger partial charge in [-0.25, -0.2) is 4.39 Å². The van der Waals surface area contributed by atoms with E-state index in [1.54, 1.807) is 30.5 Å². The van der Waals surface area contributed by atoms with Crippen molar-refractivity contribution in [1.82, 2.24) is 9.88 Å². The van der Waals surface area contributed by atoms with Crippen molar-refractivity contribution in [3.05, 3.63) is 65.1 Å². The maximum absolute atomic E-state index is 13.5. The number of nitrogens with zero attached hydrogens (tertiary/aromatic N) is 2. The van der Waals surface area contributed by atoms with Gasteiger partial charge in [0.1, 0.15) is 5.82 Å². The predicted octanol–water partition coefficient (Wildman–Crippen LogP) is 2.88. The summed E-state index contributed by atoms with van der Waals surface area (Å²) >= 11 is 5.81. The standard InChI is InChI=1S/C22H19ClFN3O4/c1-13(28)26-6-4-15-10-18(2-3-19(15)26)27-7-5-22(31,21(27)30)20(29)25-12-14-8-16(23)11-17(24)9-14/h2-4,6,8-11,31H,5,7,12H2,1H3,(H,25,29)/t22-/m0/s1. The van der Waals surface area contributed by atoms with E-state index in [2.05, 4.69) is 5.32 Å². The maximum atomic E-state index is 13.5. The van der Waals surface area contributed by atoms with Crippen LogP contribution in [0.1, 0.15) is 23.7 Å². The molecule has 0 spiro atoms. The molecule has 0 saturated carbocycles. The Morgan fingerprint density at radius 3 is 2.71 bits per heavy atom. The van der Waals surface area contributed by atoms with E-state index in [1.807, 2.05) is 0 Å². The molecule has 1 atom stereocenters. The number of aliphatic hydroxyl groups is 1. The molecule has 2 amide bonds. The fourth-order valence-corrected chi connectivity index (χ4v) is 4.02. The van der Waals surface area contributed by atoms with Gasteiger partial charge >= 0.3 is 0 Å². The van der Waals surface area contributed by atoms with Crippen LogP contribution in [0.5, 0.6) is 0 Å². The first-order valence-electron chi connectivity index (χ1n) is 9.59. The summed E-state index contributed by atoms with van der Waals surface area (Å²) in [5.74, 6) is -2.28. The lowest BCUT2D eigenvalue weighted by atomic mass is 10.0. The Balaban J connectivity index is 1.51. The molecule has 0 bridgehead atoms. The van der Waals surface area contributed by atoms with Crippen LogP contribution in [0.15, 0.2) is 48.7 Å². The molecular weight excluding hydrogens is 425 g/mol. The minimum absolute atomic E-state index is 0.0869. The zero-order chi connectivity index (χ0) is 22.3. The molecule has 2 N–H and O–H groups in total. The van der Waals surface area contributed by atoms with Gasteiger partial charge in [0.25, 0.3) is 11.8 Å². The van der Waals surface area contributed by atoms with Crippen LogP contribution in [0.4, 0.5) is 10.1 Å². The molecule has 1 aliphatic heterocycles. The van der Waals surface area contributed by atoms with Gasteiger partial charge in [0.15, 0.2) is 0 Å². The van der Waals surface area contributed by atoms with E-state index in [4.69, 9.17) is 11.6 Å². The summed E-state index contributed by atoms with van der Waals surface area (Å²) < 4.78 is 15.0. The van der Waals surface area contributed by atoms with Crippen molar-refractivity contribution in [3.63, 3.8) is 0 Å². The second-order valence-electron chi connectivity index (χ2n) is 7.48. The number of hydrogen-bond acceptors (Lipinski definition) is 4. The third kappa shape index (κ3) is 3.80. The molecular formula is C22H19ClFN3O4. The van der Waals surface area contributed by atoms with Crippen molar-refractivity contribution in [3.8, 4) is 0 Å². The number of amides is 2. The Morgan fingerprint density at radius 1 is 1.23 bits per heavy atom. The summed E-state index contributed by atoms with van der Waals surface area (Å²) in [4.78, 5) is 38.5. The first kappa shape index (κ1) is 21.0. The molecule has 3 aromatic rings. The SMILES string of the molecule is CC(=O)n1ccc2cc(N3CC[C@](O)(C(=O)NCc4cc(F)cc(Cl)c4)C3=O)ccc21. The van der Waals surface area contributed by atoms with Crippen molar-refractivity contribution < 1.29 is 23.9 Å². The predicted molar refractivity (Wildman–Crippen MR) is 113 cm³/mol. The molecule has 1 aliphatic rings. The molecule has 7 nitrogen and oxygen atoms in total. The Labute approximate surface area is 182 Å². The van der Waals surface area contributed by atoms with Crippen molar-refractivity contribution in [2.45, 2.75) is 25.5 Å². The van der Waals surface area contributed by atoms with E-state index in [0.717, 1.165) is 11.5 Å². The number of anilines is 1. The molecule has 1 aromatic heterocycles. The van der Waals surface area contributed by atoms with E-state index in [1.165, 1.54) is 28.5 Å². The molecule has 4 rings (SSSR count). The van der Waals surface area contributed by atoms with Gasteiger partial charge in [-0.3, -0.25) is 19.0 Å². The molecule has 2 aromatic carbocycles. The summed E-state index contributed by atoms with van der Waals surface area (Å²) in [6.45, 7) is 1.51. The highest BCUT2D eigenvalue weighted by molar-refractivity contribution is 6.30. The molecule has 160 valence electrons. The smallest absolute Gasteiger partial charge is 0.268 e. The van der Waals surface area contributed by atoms with Crippen LogP contribution in [-0.2, 0) is 16.1 Å². The molecule has 9 heteroatoms. The number of carbonyl (C=O) groups excluding carboxylic acids is 3. The minimum Gasteiger partial charge on any atom is -0.372 e. The Hall–Kier alpha value is -3.23. The monoisotopic (exact) mass is 443 g/mol. The first-order chi connectivity index (χ1) is 14.7. The lowest BCUT2D eigenvalue weighted by Gasteiger charge is -2.22. The summed E-state index contributed by atoms with van der Waals surface area (Å²) in [6, 6.07) is 10.7. The third-order valence-electron chi connectivity index (χ3n) is 5.37. The first-order valence-corrected chi connectivity index (χ1v) is 9.96. The number of halogens is 2. The van der Waals surface area contributed by atoms with Gasteiger partial charge < -0.3 is 15.3 Å².